The minimum absolute atomic E-state index is 0.122. The van der Waals surface area contributed by atoms with Gasteiger partial charge >= 0.3 is 0 Å². The van der Waals surface area contributed by atoms with Crippen LogP contribution in [0.3, 0.4) is 0 Å². The van der Waals surface area contributed by atoms with Crippen LogP contribution in [0.2, 0.25) is 0 Å². The van der Waals surface area contributed by atoms with Crippen molar-refractivity contribution in [3.8, 4) is 6.07 Å². The van der Waals surface area contributed by atoms with Gasteiger partial charge in [-0.2, -0.15) is 9.57 Å². The first-order valence-corrected chi connectivity index (χ1v) is 10.0. The molecule has 1 aliphatic heterocycles. The highest BCUT2D eigenvalue weighted by molar-refractivity contribution is 7.89. The van der Waals surface area contributed by atoms with Crippen molar-refractivity contribution in [1.29, 1.82) is 5.26 Å². The minimum Gasteiger partial charge on any atom is -0.325 e. The topological polar surface area (TPSA) is 93.5 Å². The zero-order chi connectivity index (χ0) is 19.3. The van der Waals surface area contributed by atoms with E-state index in [1.165, 1.54) is 16.4 Å². The number of nitrogens with zero attached hydrogens (tertiary/aromatic N) is 3. The number of hydrogen-bond donors (Lipinski definition) is 1. The molecule has 27 heavy (non-hydrogen) atoms. The first-order valence-electron chi connectivity index (χ1n) is 8.56. The maximum absolute atomic E-state index is 12.7. The van der Waals surface area contributed by atoms with Gasteiger partial charge in [0.1, 0.15) is 0 Å². The third-order valence-corrected chi connectivity index (χ3v) is 6.25. The van der Waals surface area contributed by atoms with Gasteiger partial charge in [-0.3, -0.25) is 9.69 Å². The molecule has 1 amide bonds. The normalized spacial score (nSPS) is 15.8. The Hall–Kier alpha value is -2.73. The summed E-state index contributed by atoms with van der Waals surface area (Å²) >= 11 is 0. The Morgan fingerprint density at radius 1 is 1.04 bits per heavy atom. The van der Waals surface area contributed by atoms with Crippen LogP contribution in [-0.2, 0) is 14.8 Å². The number of carbonyl (C=O) groups excluding carboxylic acids is 1. The third-order valence-electron chi connectivity index (χ3n) is 4.36. The summed E-state index contributed by atoms with van der Waals surface area (Å²) in [6.07, 6.45) is 0. The molecule has 0 aliphatic carbocycles. The van der Waals surface area contributed by atoms with Gasteiger partial charge in [0.2, 0.25) is 15.9 Å². The maximum atomic E-state index is 12.7. The van der Waals surface area contributed by atoms with Crippen molar-refractivity contribution in [2.75, 3.05) is 38.0 Å². The second-order valence-electron chi connectivity index (χ2n) is 6.23. The lowest BCUT2D eigenvalue weighted by molar-refractivity contribution is -0.117. The number of para-hydroxylation sites is 1. The Morgan fingerprint density at radius 3 is 2.41 bits per heavy atom. The Kier molecular flexibility index (Phi) is 5.86. The van der Waals surface area contributed by atoms with Gasteiger partial charge in [0.15, 0.2) is 0 Å². The van der Waals surface area contributed by atoms with E-state index in [9.17, 15) is 13.2 Å². The number of rotatable bonds is 5. The van der Waals surface area contributed by atoms with Gasteiger partial charge in [-0.15, -0.1) is 0 Å². The average Bonchev–Trinajstić information content (AvgIpc) is 2.69. The molecular weight excluding hydrogens is 364 g/mol. The van der Waals surface area contributed by atoms with Crippen molar-refractivity contribution >= 4 is 21.6 Å². The number of nitrogens with one attached hydrogen (secondary N) is 1. The predicted octanol–water partition coefficient (Wildman–Crippen LogP) is 1.50. The first kappa shape index (κ1) is 19.0. The van der Waals surface area contributed by atoms with Crippen molar-refractivity contribution in [3.05, 3.63) is 60.2 Å². The fourth-order valence-corrected chi connectivity index (χ4v) is 4.40. The van der Waals surface area contributed by atoms with Crippen LogP contribution in [0.15, 0.2) is 59.5 Å². The Morgan fingerprint density at radius 2 is 1.74 bits per heavy atom. The van der Waals surface area contributed by atoms with Gasteiger partial charge in [-0.05, 0) is 30.3 Å². The smallest absolute Gasteiger partial charge is 0.243 e. The van der Waals surface area contributed by atoms with Crippen LogP contribution in [0.25, 0.3) is 0 Å². The van der Waals surface area contributed by atoms with Gasteiger partial charge in [0.05, 0.1) is 23.1 Å². The summed E-state index contributed by atoms with van der Waals surface area (Å²) in [6, 6.07) is 17.2. The molecule has 0 radical (unpaired) electrons. The minimum atomic E-state index is -3.64. The van der Waals surface area contributed by atoms with Crippen LogP contribution in [0.4, 0.5) is 5.69 Å². The van der Waals surface area contributed by atoms with Crippen molar-refractivity contribution in [2.45, 2.75) is 4.90 Å². The molecule has 8 heteroatoms. The summed E-state index contributed by atoms with van der Waals surface area (Å²) in [5, 5.41) is 11.8. The lowest BCUT2D eigenvalue weighted by Gasteiger charge is -2.33. The van der Waals surface area contributed by atoms with E-state index in [4.69, 9.17) is 5.26 Å². The number of sulfonamides is 1. The molecule has 1 N–H and O–H groups in total. The number of benzene rings is 2. The van der Waals surface area contributed by atoms with Crippen LogP contribution in [0, 0.1) is 11.3 Å². The molecule has 0 unspecified atom stereocenters. The van der Waals surface area contributed by atoms with Crippen molar-refractivity contribution in [1.82, 2.24) is 9.21 Å². The molecule has 1 heterocycles. The molecule has 1 aliphatic rings. The lowest BCUT2D eigenvalue weighted by atomic mass is 10.2. The molecule has 7 nitrogen and oxygen atoms in total. The number of amides is 1. The van der Waals surface area contributed by atoms with E-state index in [2.05, 4.69) is 5.32 Å². The molecule has 0 saturated carbocycles. The van der Waals surface area contributed by atoms with Gasteiger partial charge in [-0.1, -0.05) is 24.3 Å². The van der Waals surface area contributed by atoms with E-state index in [-0.39, 0.29) is 17.3 Å². The number of piperazine rings is 1. The number of anilines is 1. The second kappa shape index (κ2) is 8.31. The largest absolute Gasteiger partial charge is 0.325 e. The Bertz CT molecular complexity index is 946. The molecule has 3 rings (SSSR count). The molecule has 2 aromatic rings. The molecule has 1 saturated heterocycles. The summed E-state index contributed by atoms with van der Waals surface area (Å²) in [5.41, 5.74) is 1.05. The van der Waals surface area contributed by atoms with Gasteiger partial charge in [0.25, 0.3) is 0 Å². The fraction of sp³-hybridized carbons (Fsp3) is 0.263. The lowest BCUT2D eigenvalue weighted by Crippen LogP contribution is -2.50. The maximum Gasteiger partial charge on any atom is 0.243 e. The van der Waals surface area contributed by atoms with E-state index >= 15 is 0 Å². The zero-order valence-electron chi connectivity index (χ0n) is 14.7. The highest BCUT2D eigenvalue weighted by Crippen LogP contribution is 2.18. The molecule has 2 aromatic carbocycles. The molecule has 1 fully saturated rings. The van der Waals surface area contributed by atoms with Crippen LogP contribution < -0.4 is 5.32 Å². The first-order chi connectivity index (χ1) is 13.0. The standard InChI is InChI=1S/C19H20N4O3S/c20-14-16-5-4-8-18(13-16)27(25,26)23-11-9-22(10-12-23)15-19(24)21-17-6-2-1-3-7-17/h1-8,13H,9-12,15H2,(H,21,24). The van der Waals surface area contributed by atoms with Gasteiger partial charge < -0.3 is 5.32 Å². The average molecular weight is 384 g/mol. The van der Waals surface area contributed by atoms with Gasteiger partial charge in [0, 0.05) is 31.9 Å². The number of carbonyl (C=O) groups is 1. The molecular formula is C19H20N4O3S. The predicted molar refractivity (Wildman–Crippen MR) is 101 cm³/mol. The fourth-order valence-electron chi connectivity index (χ4n) is 2.93. The van der Waals surface area contributed by atoms with Crippen LogP contribution in [0.1, 0.15) is 5.56 Å². The quantitative estimate of drug-likeness (QED) is 0.843. The number of hydrogen-bond acceptors (Lipinski definition) is 5. The summed E-state index contributed by atoms with van der Waals surface area (Å²) in [5.74, 6) is -0.126. The van der Waals surface area contributed by atoms with E-state index in [1.54, 1.807) is 12.1 Å². The Labute approximate surface area is 158 Å². The molecule has 0 aromatic heterocycles. The van der Waals surface area contributed by atoms with Crippen molar-refractivity contribution < 1.29 is 13.2 Å². The SMILES string of the molecule is N#Cc1cccc(S(=O)(=O)N2CCN(CC(=O)Nc3ccccc3)CC2)c1. The third kappa shape index (κ3) is 4.71. The summed E-state index contributed by atoms with van der Waals surface area (Å²) in [4.78, 5) is 14.2. The highest BCUT2D eigenvalue weighted by atomic mass is 32.2. The summed E-state index contributed by atoms with van der Waals surface area (Å²) in [7, 11) is -3.64. The zero-order valence-corrected chi connectivity index (χ0v) is 15.5. The molecule has 0 spiro atoms. The van der Waals surface area contributed by atoms with Gasteiger partial charge in [-0.25, -0.2) is 8.42 Å². The number of nitriles is 1. The van der Waals surface area contributed by atoms with Crippen molar-refractivity contribution in [2.24, 2.45) is 0 Å². The van der Waals surface area contributed by atoms with Crippen LogP contribution >= 0.6 is 0 Å². The van der Waals surface area contributed by atoms with E-state index in [0.717, 1.165) is 5.69 Å². The van der Waals surface area contributed by atoms with E-state index in [1.807, 2.05) is 41.3 Å². The van der Waals surface area contributed by atoms with Crippen LogP contribution in [0.5, 0.6) is 0 Å². The Balaban J connectivity index is 1.56. The van der Waals surface area contributed by atoms with Crippen LogP contribution in [-0.4, -0.2) is 56.3 Å². The molecule has 140 valence electrons. The second-order valence-corrected chi connectivity index (χ2v) is 8.17. The summed E-state index contributed by atoms with van der Waals surface area (Å²) < 4.78 is 26.9. The summed E-state index contributed by atoms with van der Waals surface area (Å²) in [6.45, 7) is 1.76. The highest BCUT2D eigenvalue weighted by Gasteiger charge is 2.29. The van der Waals surface area contributed by atoms with Crippen molar-refractivity contribution in [3.63, 3.8) is 0 Å². The van der Waals surface area contributed by atoms with E-state index in [0.29, 0.717) is 31.7 Å². The monoisotopic (exact) mass is 384 g/mol. The molecule has 0 bridgehead atoms. The molecule has 0 atom stereocenters. The van der Waals surface area contributed by atoms with E-state index < -0.39 is 10.0 Å².